The fourth-order valence-corrected chi connectivity index (χ4v) is 2.03. The molecular weight excluding hydrogens is 310 g/mol. The Morgan fingerprint density at radius 3 is 2.62 bits per heavy atom. The van der Waals surface area contributed by atoms with Gasteiger partial charge in [0.2, 0.25) is 0 Å². The number of aryl methyl sites for hydroxylation is 2. The molecule has 0 bridgehead atoms. The lowest BCUT2D eigenvalue weighted by Crippen LogP contribution is -2.28. The third kappa shape index (κ3) is 4.31. The van der Waals surface area contributed by atoms with Crippen LogP contribution in [0, 0.1) is 13.8 Å². The van der Waals surface area contributed by atoms with Gasteiger partial charge in [0.15, 0.2) is 29.8 Å². The maximum atomic E-state index is 11.5. The molecule has 1 amide bonds. The van der Waals surface area contributed by atoms with E-state index in [0.717, 1.165) is 5.56 Å². The average molecular weight is 331 g/mol. The lowest BCUT2D eigenvalue weighted by molar-refractivity contribution is -0.123. The zero-order chi connectivity index (χ0) is 17.5. The molecule has 1 heterocycles. The molecule has 2 aromatic rings. The molecule has 0 fully saturated rings. The van der Waals surface area contributed by atoms with Crippen LogP contribution in [0.25, 0.3) is 0 Å². The molecule has 1 aromatic carbocycles. The van der Waals surface area contributed by atoms with Crippen LogP contribution in [0.5, 0.6) is 11.5 Å². The molecule has 2 rings (SSSR count). The van der Waals surface area contributed by atoms with E-state index in [1.807, 2.05) is 26.8 Å². The van der Waals surface area contributed by atoms with Crippen molar-refractivity contribution < 1.29 is 14.3 Å². The highest BCUT2D eigenvalue weighted by molar-refractivity contribution is 5.81. The van der Waals surface area contributed by atoms with Crippen LogP contribution in [0.4, 0.5) is 0 Å². The fourth-order valence-electron chi connectivity index (χ4n) is 2.03. The first kappa shape index (κ1) is 17.5. The van der Waals surface area contributed by atoms with Crippen molar-refractivity contribution >= 4 is 12.1 Å². The fraction of sp³-hybridized carbons (Fsp3) is 0.375. The van der Waals surface area contributed by atoms with Gasteiger partial charge in [-0.15, -0.1) is 10.2 Å². The van der Waals surface area contributed by atoms with E-state index in [0.29, 0.717) is 29.7 Å². The molecule has 24 heavy (non-hydrogen) atoms. The van der Waals surface area contributed by atoms with Gasteiger partial charge < -0.3 is 14.8 Å². The van der Waals surface area contributed by atoms with Crippen molar-refractivity contribution in [2.75, 3.05) is 20.3 Å². The first-order chi connectivity index (χ1) is 11.5. The van der Waals surface area contributed by atoms with Crippen LogP contribution in [-0.2, 0) is 4.79 Å². The zero-order valence-corrected chi connectivity index (χ0v) is 14.2. The molecule has 128 valence electrons. The van der Waals surface area contributed by atoms with Crippen molar-refractivity contribution in [1.29, 1.82) is 0 Å². The van der Waals surface area contributed by atoms with Gasteiger partial charge >= 0.3 is 0 Å². The number of benzene rings is 1. The maximum absolute atomic E-state index is 11.5. The number of hydrogen-bond donors (Lipinski definition) is 1. The molecule has 0 aliphatic carbocycles. The number of likely N-dealkylation sites (N-methyl/N-ethyl adjacent to an activating group) is 1. The largest absolute Gasteiger partial charge is 0.493 e. The topological polar surface area (TPSA) is 90.6 Å². The van der Waals surface area contributed by atoms with E-state index in [1.165, 1.54) is 0 Å². The van der Waals surface area contributed by atoms with E-state index in [1.54, 1.807) is 30.1 Å². The second-order valence-corrected chi connectivity index (χ2v) is 5.00. The Hall–Kier alpha value is -2.90. The number of rotatable bonds is 7. The Labute approximate surface area is 140 Å². The summed E-state index contributed by atoms with van der Waals surface area (Å²) in [4.78, 5) is 11.5. The highest BCUT2D eigenvalue weighted by Crippen LogP contribution is 2.27. The van der Waals surface area contributed by atoms with E-state index >= 15 is 0 Å². The number of aromatic nitrogens is 3. The van der Waals surface area contributed by atoms with Crippen molar-refractivity contribution in [3.63, 3.8) is 0 Å². The number of amides is 1. The molecule has 0 spiro atoms. The summed E-state index contributed by atoms with van der Waals surface area (Å²) >= 11 is 0. The quantitative estimate of drug-likeness (QED) is 0.772. The van der Waals surface area contributed by atoms with Gasteiger partial charge in [0.1, 0.15) is 0 Å². The summed E-state index contributed by atoms with van der Waals surface area (Å²) in [5, 5.41) is 14.9. The summed E-state index contributed by atoms with van der Waals surface area (Å²) in [7, 11) is 1.54. The molecule has 8 heteroatoms. The SMILES string of the molecule is CCNC(=O)COc1ccc(/C=N\n2c(C)nnc2C)cc1OC. The van der Waals surface area contributed by atoms with Crippen LogP contribution in [0.15, 0.2) is 23.3 Å². The first-order valence-electron chi connectivity index (χ1n) is 7.55. The van der Waals surface area contributed by atoms with Crippen LogP contribution in [0.2, 0.25) is 0 Å². The second-order valence-electron chi connectivity index (χ2n) is 5.00. The standard InChI is InChI=1S/C16H21N5O3/c1-5-17-16(22)10-24-14-7-6-13(8-15(14)23-4)9-18-21-11(2)19-20-12(21)3/h6-9H,5,10H2,1-4H3,(H,17,22)/b18-9-. The molecular formula is C16H21N5O3. The van der Waals surface area contributed by atoms with Crippen LogP contribution in [-0.4, -0.2) is 47.3 Å². The predicted octanol–water partition coefficient (Wildman–Crippen LogP) is 1.30. The average Bonchev–Trinajstić information content (AvgIpc) is 2.90. The molecule has 1 N–H and O–H groups in total. The summed E-state index contributed by atoms with van der Waals surface area (Å²) < 4.78 is 12.4. The monoisotopic (exact) mass is 331 g/mol. The molecule has 0 aliphatic heterocycles. The maximum Gasteiger partial charge on any atom is 0.257 e. The van der Waals surface area contributed by atoms with E-state index in [2.05, 4.69) is 20.6 Å². The number of ether oxygens (including phenoxy) is 2. The molecule has 0 radical (unpaired) electrons. The number of nitrogens with zero attached hydrogens (tertiary/aromatic N) is 4. The van der Waals surface area contributed by atoms with Crippen molar-refractivity contribution in [2.24, 2.45) is 5.10 Å². The Kier molecular flexibility index (Phi) is 5.89. The molecule has 1 aromatic heterocycles. The minimum absolute atomic E-state index is 0.0588. The third-order valence-corrected chi connectivity index (χ3v) is 3.20. The summed E-state index contributed by atoms with van der Waals surface area (Å²) in [6, 6.07) is 5.35. The zero-order valence-electron chi connectivity index (χ0n) is 14.2. The van der Waals surface area contributed by atoms with Crippen molar-refractivity contribution in [3.8, 4) is 11.5 Å². The number of hydrogen-bond acceptors (Lipinski definition) is 6. The van der Waals surface area contributed by atoms with Crippen LogP contribution >= 0.6 is 0 Å². The Bertz CT molecular complexity index is 720. The Balaban J connectivity index is 2.12. The van der Waals surface area contributed by atoms with Gasteiger partial charge in [-0.3, -0.25) is 4.79 Å². The lowest BCUT2D eigenvalue weighted by Gasteiger charge is -2.11. The molecule has 0 unspecified atom stereocenters. The normalized spacial score (nSPS) is 10.8. The molecule has 8 nitrogen and oxygen atoms in total. The second kappa shape index (κ2) is 8.09. The molecule has 0 saturated heterocycles. The highest BCUT2D eigenvalue weighted by Gasteiger charge is 2.08. The Morgan fingerprint density at radius 1 is 1.29 bits per heavy atom. The number of carbonyl (C=O) groups is 1. The van der Waals surface area contributed by atoms with Crippen molar-refractivity contribution in [3.05, 3.63) is 35.4 Å². The summed E-state index contributed by atoms with van der Waals surface area (Å²) in [5.41, 5.74) is 0.824. The Morgan fingerprint density at radius 2 is 2.00 bits per heavy atom. The van der Waals surface area contributed by atoms with Gasteiger partial charge in [-0.1, -0.05) is 0 Å². The van der Waals surface area contributed by atoms with Gasteiger partial charge in [-0.25, -0.2) is 4.68 Å². The predicted molar refractivity (Wildman–Crippen MR) is 89.7 cm³/mol. The van der Waals surface area contributed by atoms with E-state index in [4.69, 9.17) is 9.47 Å². The van der Waals surface area contributed by atoms with Gasteiger partial charge in [0, 0.05) is 6.54 Å². The van der Waals surface area contributed by atoms with Crippen LogP contribution in [0.3, 0.4) is 0 Å². The van der Waals surface area contributed by atoms with Gasteiger partial charge in [0.05, 0.1) is 13.3 Å². The number of methoxy groups -OCH3 is 1. The summed E-state index contributed by atoms with van der Waals surface area (Å²) in [6.07, 6.45) is 1.68. The first-order valence-corrected chi connectivity index (χ1v) is 7.55. The molecule has 0 aliphatic rings. The van der Waals surface area contributed by atoms with Crippen LogP contribution in [0.1, 0.15) is 24.1 Å². The van der Waals surface area contributed by atoms with Crippen LogP contribution < -0.4 is 14.8 Å². The van der Waals surface area contributed by atoms with Gasteiger partial charge in [0.25, 0.3) is 5.91 Å². The van der Waals surface area contributed by atoms with Crippen molar-refractivity contribution in [2.45, 2.75) is 20.8 Å². The summed E-state index contributed by atoms with van der Waals surface area (Å²) in [6.45, 7) is 6.02. The van der Waals surface area contributed by atoms with E-state index in [9.17, 15) is 4.79 Å². The van der Waals surface area contributed by atoms with E-state index < -0.39 is 0 Å². The summed E-state index contributed by atoms with van der Waals surface area (Å²) in [5.74, 6) is 2.26. The lowest BCUT2D eigenvalue weighted by atomic mass is 10.2. The smallest absolute Gasteiger partial charge is 0.257 e. The van der Waals surface area contributed by atoms with Gasteiger partial charge in [-0.05, 0) is 44.5 Å². The van der Waals surface area contributed by atoms with Crippen molar-refractivity contribution in [1.82, 2.24) is 20.2 Å². The minimum Gasteiger partial charge on any atom is -0.493 e. The van der Waals surface area contributed by atoms with E-state index in [-0.39, 0.29) is 12.5 Å². The number of carbonyl (C=O) groups excluding carboxylic acids is 1. The minimum atomic E-state index is -0.177. The number of nitrogens with one attached hydrogen (secondary N) is 1. The highest BCUT2D eigenvalue weighted by atomic mass is 16.5. The molecule has 0 atom stereocenters. The molecule has 0 saturated carbocycles. The van der Waals surface area contributed by atoms with Gasteiger partial charge in [-0.2, -0.15) is 5.10 Å². The third-order valence-electron chi connectivity index (χ3n) is 3.20.